The second kappa shape index (κ2) is 7.95. The third kappa shape index (κ3) is 3.85. The van der Waals surface area contributed by atoms with Crippen molar-refractivity contribution in [2.24, 2.45) is 0 Å². The minimum atomic E-state index is -0.774. The van der Waals surface area contributed by atoms with Gasteiger partial charge in [0.25, 0.3) is 0 Å². The summed E-state index contributed by atoms with van der Waals surface area (Å²) < 4.78 is 46.0. The third-order valence-electron chi connectivity index (χ3n) is 4.84. The van der Waals surface area contributed by atoms with E-state index in [4.69, 9.17) is 5.26 Å². The van der Waals surface area contributed by atoms with Gasteiger partial charge in [0.2, 0.25) is 0 Å². The number of hydrogen-bond donors (Lipinski definition) is 0. The highest BCUT2D eigenvalue weighted by Gasteiger charge is 2.15. The first-order valence-electron chi connectivity index (χ1n) is 9.17. The molecule has 0 unspecified atom stereocenters. The predicted octanol–water partition coefficient (Wildman–Crippen LogP) is 2.92. The van der Waals surface area contributed by atoms with Crippen molar-refractivity contribution in [3.8, 4) is 11.8 Å². The fraction of sp³-hybridized carbons (Fsp3) is 0.143. The van der Waals surface area contributed by atoms with E-state index < -0.39 is 23.1 Å². The molecule has 0 aliphatic heterocycles. The van der Waals surface area contributed by atoms with Crippen LogP contribution >= 0.6 is 0 Å². The van der Waals surface area contributed by atoms with Gasteiger partial charge in [0.05, 0.1) is 18.8 Å². The number of nitrogens with zero attached hydrogens (tertiary/aromatic N) is 6. The molecule has 31 heavy (non-hydrogen) atoms. The van der Waals surface area contributed by atoms with Crippen molar-refractivity contribution in [2.45, 2.75) is 20.0 Å². The summed E-state index contributed by atoms with van der Waals surface area (Å²) in [6.45, 7) is 1.51. The number of benzene rings is 2. The molecule has 0 aliphatic rings. The number of aryl methyl sites for hydroxylation is 1. The number of rotatable bonds is 5. The molecule has 0 N–H and O–H groups in total. The average molecular weight is 424 g/mol. The van der Waals surface area contributed by atoms with Gasteiger partial charge in [-0.1, -0.05) is 12.1 Å². The van der Waals surface area contributed by atoms with Gasteiger partial charge in [0.15, 0.2) is 5.69 Å². The topological polar surface area (TPSA) is 81.4 Å². The minimum Gasteiger partial charge on any atom is -0.329 e. The maximum atomic E-state index is 14.7. The lowest BCUT2D eigenvalue weighted by Crippen LogP contribution is -2.24. The van der Waals surface area contributed by atoms with Gasteiger partial charge in [-0.15, -0.1) is 0 Å². The molecule has 0 bridgehead atoms. The van der Waals surface area contributed by atoms with Crippen LogP contribution in [0.5, 0.6) is 0 Å². The summed E-state index contributed by atoms with van der Waals surface area (Å²) in [4.78, 5) is 16.7. The molecule has 4 rings (SSSR count). The van der Waals surface area contributed by atoms with E-state index >= 15 is 0 Å². The molecule has 0 amide bonds. The van der Waals surface area contributed by atoms with E-state index in [0.717, 1.165) is 33.8 Å². The molecule has 0 saturated carbocycles. The summed E-state index contributed by atoms with van der Waals surface area (Å²) in [7, 11) is 0. The van der Waals surface area contributed by atoms with Gasteiger partial charge in [-0.3, -0.25) is 4.57 Å². The van der Waals surface area contributed by atoms with Crippen LogP contribution in [0, 0.1) is 35.7 Å². The lowest BCUT2D eigenvalue weighted by atomic mass is 10.2. The SMILES string of the molecule is Cc1nc(C#N)cn1Cc1ccc(-n2ncn(Cc3c(F)cccc3F)c2=O)cc1F. The van der Waals surface area contributed by atoms with Gasteiger partial charge in [-0.05, 0) is 25.1 Å². The Hall–Kier alpha value is -4.13. The van der Waals surface area contributed by atoms with Crippen molar-refractivity contribution in [1.82, 2.24) is 23.9 Å². The molecule has 2 aromatic heterocycles. The van der Waals surface area contributed by atoms with Gasteiger partial charge >= 0.3 is 5.69 Å². The van der Waals surface area contributed by atoms with Crippen molar-refractivity contribution in [2.75, 3.05) is 0 Å². The summed E-state index contributed by atoms with van der Waals surface area (Å²) >= 11 is 0. The molecule has 10 heteroatoms. The smallest absolute Gasteiger partial charge is 0.329 e. The van der Waals surface area contributed by atoms with E-state index in [9.17, 15) is 18.0 Å². The summed E-state index contributed by atoms with van der Waals surface area (Å²) in [5.41, 5.74) is -0.205. The van der Waals surface area contributed by atoms with Gasteiger partial charge in [0.1, 0.15) is 35.7 Å². The van der Waals surface area contributed by atoms with Crippen LogP contribution in [0.2, 0.25) is 0 Å². The van der Waals surface area contributed by atoms with Crippen LogP contribution in [-0.2, 0) is 13.1 Å². The Morgan fingerprint density at radius 2 is 1.77 bits per heavy atom. The first-order valence-corrected chi connectivity index (χ1v) is 9.17. The fourth-order valence-corrected chi connectivity index (χ4v) is 3.18. The normalized spacial score (nSPS) is 10.9. The van der Waals surface area contributed by atoms with Gasteiger partial charge in [0, 0.05) is 23.4 Å². The van der Waals surface area contributed by atoms with Crippen LogP contribution in [0.15, 0.2) is 53.7 Å². The summed E-state index contributed by atoms with van der Waals surface area (Å²) in [6, 6.07) is 9.52. The number of halogens is 3. The summed E-state index contributed by atoms with van der Waals surface area (Å²) in [6.07, 6.45) is 2.66. The Balaban J connectivity index is 1.61. The lowest BCUT2D eigenvalue weighted by molar-refractivity contribution is 0.541. The monoisotopic (exact) mass is 424 g/mol. The van der Waals surface area contributed by atoms with Crippen LogP contribution < -0.4 is 5.69 Å². The lowest BCUT2D eigenvalue weighted by Gasteiger charge is -2.08. The van der Waals surface area contributed by atoms with Crippen molar-refractivity contribution in [3.63, 3.8) is 0 Å². The van der Waals surface area contributed by atoms with Crippen molar-refractivity contribution in [1.29, 1.82) is 5.26 Å². The number of hydrogen-bond acceptors (Lipinski definition) is 4. The molecular formula is C21H15F3N6O. The zero-order valence-corrected chi connectivity index (χ0v) is 16.3. The Bertz CT molecular complexity index is 1360. The van der Waals surface area contributed by atoms with Crippen molar-refractivity contribution < 1.29 is 13.2 Å². The third-order valence-corrected chi connectivity index (χ3v) is 4.84. The zero-order chi connectivity index (χ0) is 22.1. The molecular weight excluding hydrogens is 409 g/mol. The van der Waals surface area contributed by atoms with Crippen LogP contribution in [0.3, 0.4) is 0 Å². The summed E-state index contributed by atoms with van der Waals surface area (Å²) in [5.74, 6) is -1.56. The van der Waals surface area contributed by atoms with Crippen LogP contribution in [0.4, 0.5) is 13.2 Å². The molecule has 0 aliphatic carbocycles. The minimum absolute atomic E-state index is 0.155. The van der Waals surface area contributed by atoms with E-state index in [1.165, 1.54) is 24.4 Å². The standard InChI is InChI=1S/C21H15F3N6O/c1-13-27-15(8-25)10-28(13)9-14-5-6-16(7-20(14)24)30-21(31)29(12-26-30)11-17-18(22)3-2-4-19(17)23/h2-7,10,12H,9,11H2,1H3. The molecule has 4 aromatic rings. The fourth-order valence-electron chi connectivity index (χ4n) is 3.18. The Labute approximate surface area is 174 Å². The number of nitriles is 1. The van der Waals surface area contributed by atoms with Crippen LogP contribution in [0.1, 0.15) is 22.6 Å². The first-order chi connectivity index (χ1) is 14.9. The highest BCUT2D eigenvalue weighted by atomic mass is 19.1. The Kier molecular flexibility index (Phi) is 5.17. The molecule has 0 radical (unpaired) electrons. The van der Waals surface area contributed by atoms with E-state index in [-0.39, 0.29) is 30.0 Å². The van der Waals surface area contributed by atoms with Crippen LogP contribution in [-0.4, -0.2) is 23.9 Å². The van der Waals surface area contributed by atoms with Crippen molar-refractivity contribution >= 4 is 0 Å². The molecule has 0 atom stereocenters. The molecule has 2 heterocycles. The maximum absolute atomic E-state index is 14.7. The molecule has 2 aromatic carbocycles. The predicted molar refractivity (Wildman–Crippen MR) is 104 cm³/mol. The highest BCUT2D eigenvalue weighted by Crippen LogP contribution is 2.16. The molecule has 0 fully saturated rings. The largest absolute Gasteiger partial charge is 0.350 e. The number of imidazole rings is 1. The van der Waals surface area contributed by atoms with E-state index in [0.29, 0.717) is 11.4 Å². The number of aromatic nitrogens is 5. The first kappa shape index (κ1) is 20.2. The van der Waals surface area contributed by atoms with Gasteiger partial charge < -0.3 is 4.57 Å². The quantitative estimate of drug-likeness (QED) is 0.493. The molecule has 156 valence electrons. The Morgan fingerprint density at radius 3 is 2.42 bits per heavy atom. The van der Waals surface area contributed by atoms with E-state index in [2.05, 4.69) is 10.1 Å². The zero-order valence-electron chi connectivity index (χ0n) is 16.3. The van der Waals surface area contributed by atoms with Gasteiger partial charge in [-0.25, -0.2) is 22.9 Å². The Morgan fingerprint density at radius 1 is 1.03 bits per heavy atom. The maximum Gasteiger partial charge on any atom is 0.350 e. The van der Waals surface area contributed by atoms with Crippen LogP contribution in [0.25, 0.3) is 5.69 Å². The second-order valence-electron chi connectivity index (χ2n) is 6.84. The molecule has 0 spiro atoms. The molecule has 7 nitrogen and oxygen atoms in total. The summed E-state index contributed by atoms with van der Waals surface area (Å²) in [5, 5.41) is 12.9. The molecule has 0 saturated heterocycles. The van der Waals surface area contributed by atoms with Crippen molar-refractivity contribution in [3.05, 3.63) is 99.5 Å². The second-order valence-corrected chi connectivity index (χ2v) is 6.84. The van der Waals surface area contributed by atoms with E-state index in [1.807, 2.05) is 6.07 Å². The van der Waals surface area contributed by atoms with Gasteiger partial charge in [-0.2, -0.15) is 15.0 Å². The van der Waals surface area contributed by atoms with E-state index in [1.54, 1.807) is 11.5 Å². The average Bonchev–Trinajstić information content (AvgIpc) is 3.28. The highest BCUT2D eigenvalue weighted by molar-refractivity contribution is 5.35.